The first-order valence-electron chi connectivity index (χ1n) is 8.35. The SMILES string of the molecule is CCNC1CC(c2ccc(OC3CCCCC3)cc2)C1. The molecular formula is C18H27NO. The van der Waals surface area contributed by atoms with E-state index in [1.165, 1.54) is 50.5 Å². The average Bonchev–Trinajstić information content (AvgIpc) is 2.45. The van der Waals surface area contributed by atoms with Crippen molar-refractivity contribution in [1.29, 1.82) is 0 Å². The Morgan fingerprint density at radius 1 is 1.05 bits per heavy atom. The highest BCUT2D eigenvalue weighted by Gasteiger charge is 2.29. The average molecular weight is 273 g/mol. The van der Waals surface area contributed by atoms with E-state index in [0.29, 0.717) is 6.10 Å². The standard InChI is InChI=1S/C18H27NO/c1-2-19-16-12-15(13-16)14-8-10-18(11-9-14)20-17-6-4-3-5-7-17/h8-11,15-17,19H,2-7,12-13H2,1H3. The lowest BCUT2D eigenvalue weighted by molar-refractivity contribution is 0.155. The first-order chi connectivity index (χ1) is 9.85. The van der Waals surface area contributed by atoms with E-state index in [1.54, 1.807) is 0 Å². The Balaban J connectivity index is 1.50. The Bertz CT molecular complexity index is 402. The van der Waals surface area contributed by atoms with E-state index in [0.717, 1.165) is 24.3 Å². The fourth-order valence-electron chi connectivity index (χ4n) is 3.54. The van der Waals surface area contributed by atoms with Gasteiger partial charge in [-0.25, -0.2) is 0 Å². The Labute approximate surface area is 122 Å². The maximum Gasteiger partial charge on any atom is 0.119 e. The molecule has 0 heterocycles. The monoisotopic (exact) mass is 273 g/mol. The van der Waals surface area contributed by atoms with Crippen molar-refractivity contribution in [2.75, 3.05) is 6.54 Å². The van der Waals surface area contributed by atoms with Gasteiger partial charge in [0.25, 0.3) is 0 Å². The summed E-state index contributed by atoms with van der Waals surface area (Å²) in [4.78, 5) is 0. The zero-order valence-electron chi connectivity index (χ0n) is 12.6. The van der Waals surface area contributed by atoms with Crippen LogP contribution in [0.1, 0.15) is 63.4 Å². The molecule has 0 amide bonds. The summed E-state index contributed by atoms with van der Waals surface area (Å²) in [7, 11) is 0. The Hall–Kier alpha value is -1.02. The molecule has 2 fully saturated rings. The van der Waals surface area contributed by atoms with Crippen molar-refractivity contribution >= 4 is 0 Å². The highest BCUT2D eigenvalue weighted by molar-refractivity contribution is 5.31. The lowest BCUT2D eigenvalue weighted by atomic mass is 9.76. The molecule has 0 aliphatic heterocycles. The topological polar surface area (TPSA) is 21.3 Å². The number of nitrogens with one attached hydrogen (secondary N) is 1. The van der Waals surface area contributed by atoms with Crippen LogP contribution < -0.4 is 10.1 Å². The zero-order chi connectivity index (χ0) is 13.8. The summed E-state index contributed by atoms with van der Waals surface area (Å²) in [6.07, 6.45) is 9.54. The Kier molecular flexibility index (Phi) is 4.62. The molecule has 3 rings (SSSR count). The third-order valence-electron chi connectivity index (χ3n) is 4.84. The summed E-state index contributed by atoms with van der Waals surface area (Å²) < 4.78 is 6.09. The molecule has 2 saturated carbocycles. The fraction of sp³-hybridized carbons (Fsp3) is 0.667. The number of ether oxygens (including phenoxy) is 1. The lowest BCUT2D eigenvalue weighted by Crippen LogP contribution is -2.39. The molecule has 2 heteroatoms. The van der Waals surface area contributed by atoms with Crippen molar-refractivity contribution in [3.05, 3.63) is 29.8 Å². The van der Waals surface area contributed by atoms with Crippen LogP contribution in [0, 0.1) is 0 Å². The third kappa shape index (κ3) is 3.35. The van der Waals surface area contributed by atoms with Gasteiger partial charge in [0.1, 0.15) is 5.75 Å². The summed E-state index contributed by atoms with van der Waals surface area (Å²) in [5, 5.41) is 3.52. The van der Waals surface area contributed by atoms with E-state index in [-0.39, 0.29) is 0 Å². The van der Waals surface area contributed by atoms with Crippen molar-refractivity contribution in [3.8, 4) is 5.75 Å². The second-order valence-electron chi connectivity index (χ2n) is 6.37. The normalized spacial score (nSPS) is 27.1. The lowest BCUT2D eigenvalue weighted by Gasteiger charge is -2.36. The molecule has 0 radical (unpaired) electrons. The van der Waals surface area contributed by atoms with Crippen LogP contribution in [0.4, 0.5) is 0 Å². The van der Waals surface area contributed by atoms with Crippen LogP contribution >= 0.6 is 0 Å². The van der Waals surface area contributed by atoms with Gasteiger partial charge < -0.3 is 10.1 Å². The van der Waals surface area contributed by atoms with Gasteiger partial charge in [-0.15, -0.1) is 0 Å². The van der Waals surface area contributed by atoms with Crippen LogP contribution in [0.3, 0.4) is 0 Å². The van der Waals surface area contributed by atoms with Crippen molar-refractivity contribution in [2.24, 2.45) is 0 Å². The molecule has 0 saturated heterocycles. The van der Waals surface area contributed by atoms with Gasteiger partial charge in [0.15, 0.2) is 0 Å². The minimum absolute atomic E-state index is 0.455. The molecule has 0 atom stereocenters. The van der Waals surface area contributed by atoms with Crippen LogP contribution in [-0.4, -0.2) is 18.7 Å². The molecule has 0 bridgehead atoms. The molecule has 0 aromatic heterocycles. The van der Waals surface area contributed by atoms with Crippen LogP contribution in [0.2, 0.25) is 0 Å². The zero-order valence-corrected chi connectivity index (χ0v) is 12.6. The van der Waals surface area contributed by atoms with E-state index < -0.39 is 0 Å². The summed E-state index contributed by atoms with van der Waals surface area (Å²) in [5.74, 6) is 1.81. The second-order valence-corrected chi connectivity index (χ2v) is 6.37. The van der Waals surface area contributed by atoms with Crippen LogP contribution in [-0.2, 0) is 0 Å². The van der Waals surface area contributed by atoms with Crippen molar-refractivity contribution in [1.82, 2.24) is 5.32 Å². The van der Waals surface area contributed by atoms with E-state index in [1.807, 2.05) is 0 Å². The van der Waals surface area contributed by atoms with Gasteiger partial charge >= 0.3 is 0 Å². The highest BCUT2D eigenvalue weighted by Crippen LogP contribution is 2.37. The number of rotatable bonds is 5. The molecule has 1 aromatic carbocycles. The molecule has 0 unspecified atom stereocenters. The predicted molar refractivity (Wildman–Crippen MR) is 83.4 cm³/mol. The first-order valence-corrected chi connectivity index (χ1v) is 8.35. The second kappa shape index (κ2) is 6.62. The molecule has 0 spiro atoms. The van der Waals surface area contributed by atoms with Gasteiger partial charge in [0, 0.05) is 6.04 Å². The third-order valence-corrected chi connectivity index (χ3v) is 4.84. The Morgan fingerprint density at radius 2 is 1.75 bits per heavy atom. The summed E-state index contributed by atoms with van der Waals surface area (Å²) in [6, 6.07) is 9.62. The van der Waals surface area contributed by atoms with Crippen molar-refractivity contribution < 1.29 is 4.74 Å². The van der Waals surface area contributed by atoms with Crippen LogP contribution in [0.25, 0.3) is 0 Å². The minimum atomic E-state index is 0.455. The highest BCUT2D eigenvalue weighted by atomic mass is 16.5. The fourth-order valence-corrected chi connectivity index (χ4v) is 3.54. The van der Waals surface area contributed by atoms with Crippen molar-refractivity contribution in [2.45, 2.75) is 69.9 Å². The summed E-state index contributed by atoms with van der Waals surface area (Å²) >= 11 is 0. The largest absolute Gasteiger partial charge is 0.490 e. The van der Waals surface area contributed by atoms with Gasteiger partial charge in [-0.1, -0.05) is 25.5 Å². The number of hydrogen-bond acceptors (Lipinski definition) is 2. The van der Waals surface area contributed by atoms with Gasteiger partial charge in [-0.2, -0.15) is 0 Å². The maximum atomic E-state index is 6.09. The molecule has 1 N–H and O–H groups in total. The minimum Gasteiger partial charge on any atom is -0.490 e. The predicted octanol–water partition coefficient (Wildman–Crippen LogP) is 4.25. The molecule has 1 aromatic rings. The molecule has 20 heavy (non-hydrogen) atoms. The van der Waals surface area contributed by atoms with Gasteiger partial charge in [-0.3, -0.25) is 0 Å². The Morgan fingerprint density at radius 3 is 2.40 bits per heavy atom. The molecule has 2 aliphatic carbocycles. The van der Waals surface area contributed by atoms with Crippen molar-refractivity contribution in [3.63, 3.8) is 0 Å². The molecule has 2 aliphatic rings. The first kappa shape index (κ1) is 13.9. The van der Waals surface area contributed by atoms with E-state index in [4.69, 9.17) is 4.74 Å². The molecule has 110 valence electrons. The quantitative estimate of drug-likeness (QED) is 0.865. The van der Waals surface area contributed by atoms with E-state index >= 15 is 0 Å². The maximum absolute atomic E-state index is 6.09. The van der Waals surface area contributed by atoms with Gasteiger partial charge in [-0.05, 0) is 68.7 Å². The smallest absolute Gasteiger partial charge is 0.119 e. The number of benzene rings is 1. The van der Waals surface area contributed by atoms with Gasteiger partial charge in [0.2, 0.25) is 0 Å². The summed E-state index contributed by atoms with van der Waals surface area (Å²) in [5.41, 5.74) is 1.48. The number of hydrogen-bond donors (Lipinski definition) is 1. The summed E-state index contributed by atoms with van der Waals surface area (Å²) in [6.45, 7) is 3.27. The van der Waals surface area contributed by atoms with Gasteiger partial charge in [0.05, 0.1) is 6.10 Å². The van der Waals surface area contributed by atoms with Crippen LogP contribution in [0.5, 0.6) is 5.75 Å². The molecular weight excluding hydrogens is 246 g/mol. The van der Waals surface area contributed by atoms with E-state index in [2.05, 4.69) is 36.5 Å². The van der Waals surface area contributed by atoms with E-state index in [9.17, 15) is 0 Å². The van der Waals surface area contributed by atoms with Crippen LogP contribution in [0.15, 0.2) is 24.3 Å². The molecule has 2 nitrogen and oxygen atoms in total.